The molecule has 0 spiro atoms. The van der Waals surface area contributed by atoms with Crippen LogP contribution in [-0.4, -0.2) is 58.6 Å². The molecule has 0 aliphatic carbocycles. The van der Waals surface area contributed by atoms with Crippen molar-refractivity contribution >= 4 is 28.8 Å². The standard InChI is InChI=1S/C32H28FN5O2/c1-40-27-9-5-6-23(20-27)10-15-29(39)36-16-18-37(19-17-36)31-30-28(24-7-3-2-4-8-24)21-38(32(30)35-22-34-31)26-13-11-25(33)12-14-26/h2-15,20-22H,16-19H2,1H3. The molecule has 3 heterocycles. The zero-order chi connectivity index (χ0) is 27.5. The van der Waals surface area contributed by atoms with Gasteiger partial charge in [0.1, 0.15) is 23.7 Å². The summed E-state index contributed by atoms with van der Waals surface area (Å²) in [6, 6.07) is 24.1. The Hall–Kier alpha value is -4.98. The lowest BCUT2D eigenvalue weighted by Crippen LogP contribution is -2.48. The van der Waals surface area contributed by atoms with Crippen molar-refractivity contribution in [3.05, 3.63) is 109 Å². The molecule has 0 saturated carbocycles. The van der Waals surface area contributed by atoms with E-state index < -0.39 is 0 Å². The van der Waals surface area contributed by atoms with E-state index in [4.69, 9.17) is 9.72 Å². The molecule has 0 bridgehead atoms. The lowest BCUT2D eigenvalue weighted by Gasteiger charge is -2.35. The summed E-state index contributed by atoms with van der Waals surface area (Å²) >= 11 is 0. The number of ether oxygens (including phenoxy) is 1. The number of fused-ring (bicyclic) bond motifs is 1. The molecule has 6 rings (SSSR count). The van der Waals surface area contributed by atoms with E-state index >= 15 is 0 Å². The number of hydrogen-bond acceptors (Lipinski definition) is 5. The second kappa shape index (κ2) is 11.0. The molecule has 200 valence electrons. The lowest BCUT2D eigenvalue weighted by molar-refractivity contribution is -0.126. The van der Waals surface area contributed by atoms with Gasteiger partial charge in [-0.3, -0.25) is 4.79 Å². The molecule has 1 saturated heterocycles. The van der Waals surface area contributed by atoms with Gasteiger partial charge in [0.2, 0.25) is 5.91 Å². The fraction of sp³-hybridized carbons (Fsp3) is 0.156. The highest BCUT2D eigenvalue weighted by Crippen LogP contribution is 2.37. The maximum atomic E-state index is 13.7. The van der Waals surface area contributed by atoms with Crippen LogP contribution in [0.15, 0.2) is 97.5 Å². The fourth-order valence-corrected chi connectivity index (χ4v) is 5.08. The van der Waals surface area contributed by atoms with E-state index in [-0.39, 0.29) is 11.7 Å². The van der Waals surface area contributed by atoms with Crippen LogP contribution in [0.5, 0.6) is 5.75 Å². The first-order chi connectivity index (χ1) is 19.6. The Morgan fingerprint density at radius 1 is 0.925 bits per heavy atom. The van der Waals surface area contributed by atoms with Gasteiger partial charge in [-0.25, -0.2) is 14.4 Å². The van der Waals surface area contributed by atoms with Crippen LogP contribution in [0.1, 0.15) is 5.56 Å². The van der Waals surface area contributed by atoms with Gasteiger partial charge >= 0.3 is 0 Å². The molecule has 3 aromatic carbocycles. The molecule has 1 fully saturated rings. The number of hydrogen-bond donors (Lipinski definition) is 0. The summed E-state index contributed by atoms with van der Waals surface area (Å²) in [6.45, 7) is 2.43. The normalized spacial score (nSPS) is 13.8. The average Bonchev–Trinajstić information content (AvgIpc) is 3.41. The minimum Gasteiger partial charge on any atom is -0.497 e. The Morgan fingerprint density at radius 3 is 2.45 bits per heavy atom. The van der Waals surface area contributed by atoms with E-state index in [1.807, 2.05) is 64.2 Å². The van der Waals surface area contributed by atoms with E-state index in [9.17, 15) is 9.18 Å². The first-order valence-corrected chi connectivity index (χ1v) is 13.1. The summed E-state index contributed by atoms with van der Waals surface area (Å²) in [5, 5.41) is 0.927. The van der Waals surface area contributed by atoms with Crippen molar-refractivity contribution in [2.75, 3.05) is 38.2 Å². The zero-order valence-corrected chi connectivity index (χ0v) is 22.1. The van der Waals surface area contributed by atoms with Crippen LogP contribution < -0.4 is 9.64 Å². The highest BCUT2D eigenvalue weighted by molar-refractivity contribution is 6.02. The van der Waals surface area contributed by atoms with Gasteiger partial charge in [-0.15, -0.1) is 0 Å². The van der Waals surface area contributed by atoms with Gasteiger partial charge in [0, 0.05) is 49.7 Å². The molecule has 40 heavy (non-hydrogen) atoms. The number of halogens is 1. The van der Waals surface area contributed by atoms with Gasteiger partial charge in [0.25, 0.3) is 0 Å². The van der Waals surface area contributed by atoms with Crippen LogP contribution in [-0.2, 0) is 4.79 Å². The van der Waals surface area contributed by atoms with E-state index in [1.165, 1.54) is 12.1 Å². The van der Waals surface area contributed by atoms with Crippen LogP contribution in [0.2, 0.25) is 0 Å². The van der Waals surface area contributed by atoms with Gasteiger partial charge in [-0.1, -0.05) is 42.5 Å². The zero-order valence-electron chi connectivity index (χ0n) is 22.1. The summed E-state index contributed by atoms with van der Waals surface area (Å²) in [5.41, 5.74) is 4.51. The third kappa shape index (κ3) is 5.03. The number of carbonyl (C=O) groups is 1. The number of methoxy groups -OCH3 is 1. The molecule has 2 aromatic heterocycles. The van der Waals surface area contributed by atoms with Crippen molar-refractivity contribution in [3.8, 4) is 22.6 Å². The minimum absolute atomic E-state index is 0.0252. The van der Waals surface area contributed by atoms with Crippen molar-refractivity contribution in [1.82, 2.24) is 19.4 Å². The molecule has 1 aliphatic heterocycles. The largest absolute Gasteiger partial charge is 0.497 e. The molecular weight excluding hydrogens is 505 g/mol. The first kappa shape index (κ1) is 25.3. The number of piperazine rings is 1. The molecule has 8 heteroatoms. The van der Waals surface area contributed by atoms with Gasteiger partial charge in [0.15, 0.2) is 5.65 Å². The number of amides is 1. The smallest absolute Gasteiger partial charge is 0.246 e. The van der Waals surface area contributed by atoms with Gasteiger partial charge in [-0.05, 0) is 53.6 Å². The topological polar surface area (TPSA) is 63.5 Å². The van der Waals surface area contributed by atoms with Crippen molar-refractivity contribution in [3.63, 3.8) is 0 Å². The Morgan fingerprint density at radius 2 is 1.70 bits per heavy atom. The first-order valence-electron chi connectivity index (χ1n) is 13.1. The van der Waals surface area contributed by atoms with Gasteiger partial charge in [-0.2, -0.15) is 0 Å². The van der Waals surface area contributed by atoms with E-state index in [0.717, 1.165) is 45.0 Å². The Kier molecular flexibility index (Phi) is 6.97. The highest BCUT2D eigenvalue weighted by Gasteiger charge is 2.25. The van der Waals surface area contributed by atoms with E-state index in [1.54, 1.807) is 31.6 Å². The van der Waals surface area contributed by atoms with Crippen LogP contribution in [0.25, 0.3) is 33.9 Å². The molecular formula is C32H28FN5O2. The maximum absolute atomic E-state index is 13.7. The van der Waals surface area contributed by atoms with Gasteiger partial charge < -0.3 is 19.1 Å². The third-order valence-corrected chi connectivity index (χ3v) is 7.16. The number of aromatic nitrogens is 3. The molecule has 0 radical (unpaired) electrons. The predicted molar refractivity (Wildman–Crippen MR) is 155 cm³/mol. The second-order valence-electron chi connectivity index (χ2n) is 9.57. The molecule has 0 N–H and O–H groups in total. The lowest BCUT2D eigenvalue weighted by atomic mass is 10.1. The highest BCUT2D eigenvalue weighted by atomic mass is 19.1. The third-order valence-electron chi connectivity index (χ3n) is 7.16. The molecule has 7 nitrogen and oxygen atoms in total. The SMILES string of the molecule is COc1cccc(C=CC(=O)N2CCN(c3ncnc4c3c(-c3ccccc3)cn4-c3ccc(F)cc3)CC2)c1. The summed E-state index contributed by atoms with van der Waals surface area (Å²) in [7, 11) is 1.62. The fourth-order valence-electron chi connectivity index (χ4n) is 5.08. The van der Waals surface area contributed by atoms with Gasteiger partial charge in [0.05, 0.1) is 12.5 Å². The second-order valence-corrected chi connectivity index (χ2v) is 9.57. The van der Waals surface area contributed by atoms with Crippen molar-refractivity contribution in [2.45, 2.75) is 0 Å². The van der Waals surface area contributed by atoms with Crippen molar-refractivity contribution < 1.29 is 13.9 Å². The summed E-state index contributed by atoms with van der Waals surface area (Å²) in [5.74, 6) is 1.26. The van der Waals surface area contributed by atoms with Crippen LogP contribution in [0, 0.1) is 5.82 Å². The monoisotopic (exact) mass is 533 g/mol. The summed E-state index contributed by atoms with van der Waals surface area (Å²) in [6.07, 6.45) is 7.04. The van der Waals surface area contributed by atoms with E-state index in [0.29, 0.717) is 26.2 Å². The number of benzene rings is 3. The number of nitrogens with zero attached hydrogens (tertiary/aromatic N) is 5. The Balaban J connectivity index is 1.28. The van der Waals surface area contributed by atoms with Crippen LogP contribution in [0.3, 0.4) is 0 Å². The van der Waals surface area contributed by atoms with Crippen LogP contribution >= 0.6 is 0 Å². The number of carbonyl (C=O) groups excluding carboxylic acids is 1. The Bertz CT molecular complexity index is 1670. The molecule has 0 unspecified atom stereocenters. The van der Waals surface area contributed by atoms with Crippen molar-refractivity contribution in [1.29, 1.82) is 0 Å². The molecule has 0 atom stereocenters. The predicted octanol–water partition coefficient (Wildman–Crippen LogP) is 5.60. The summed E-state index contributed by atoms with van der Waals surface area (Å²) in [4.78, 5) is 26.4. The van der Waals surface area contributed by atoms with Crippen LogP contribution in [0.4, 0.5) is 10.2 Å². The molecule has 5 aromatic rings. The number of anilines is 1. The summed E-state index contributed by atoms with van der Waals surface area (Å²) < 4.78 is 20.9. The van der Waals surface area contributed by atoms with E-state index in [2.05, 4.69) is 22.0 Å². The molecule has 1 amide bonds. The molecule has 1 aliphatic rings. The number of rotatable bonds is 6. The quantitative estimate of drug-likeness (QED) is 0.266. The average molecular weight is 534 g/mol. The van der Waals surface area contributed by atoms with Crippen molar-refractivity contribution in [2.24, 2.45) is 0 Å². The minimum atomic E-state index is -0.287. The Labute approximate surface area is 231 Å². The maximum Gasteiger partial charge on any atom is 0.246 e.